The minimum absolute atomic E-state index is 0.0430. The smallest absolute Gasteiger partial charge is 0.139 e. The lowest BCUT2D eigenvalue weighted by molar-refractivity contribution is 0.278. The van der Waals surface area contributed by atoms with Crippen LogP contribution in [-0.4, -0.2) is 10.3 Å². The van der Waals surface area contributed by atoms with E-state index in [2.05, 4.69) is 5.16 Å². The summed E-state index contributed by atoms with van der Waals surface area (Å²) in [6.45, 7) is 3.78. The van der Waals surface area contributed by atoms with E-state index in [9.17, 15) is 5.11 Å². The number of hydrogen-bond acceptors (Lipinski definition) is 3. The topological polar surface area (TPSA) is 46.3 Å². The summed E-state index contributed by atoms with van der Waals surface area (Å²) in [7, 11) is 0. The van der Waals surface area contributed by atoms with E-state index in [4.69, 9.17) is 4.52 Å². The number of aliphatic hydroxyl groups is 1. The molecule has 0 saturated heterocycles. The summed E-state index contributed by atoms with van der Waals surface area (Å²) in [6.07, 6.45) is 0. The zero-order valence-electron chi connectivity index (χ0n) is 8.82. The fourth-order valence-corrected chi connectivity index (χ4v) is 1.60. The third-order valence-electron chi connectivity index (χ3n) is 2.43. The van der Waals surface area contributed by atoms with Gasteiger partial charge in [-0.15, -0.1) is 0 Å². The van der Waals surface area contributed by atoms with Crippen molar-refractivity contribution in [2.75, 3.05) is 0 Å². The summed E-state index contributed by atoms with van der Waals surface area (Å²) in [5, 5.41) is 13.2. The third-order valence-corrected chi connectivity index (χ3v) is 2.43. The van der Waals surface area contributed by atoms with Crippen molar-refractivity contribution in [1.29, 1.82) is 0 Å². The Kier molecular flexibility index (Phi) is 2.56. The maximum atomic E-state index is 9.22. The molecule has 0 aliphatic heterocycles. The van der Waals surface area contributed by atoms with E-state index in [0.717, 1.165) is 22.4 Å². The molecule has 0 amide bonds. The van der Waals surface area contributed by atoms with Crippen LogP contribution in [0.2, 0.25) is 0 Å². The van der Waals surface area contributed by atoms with Gasteiger partial charge in [0.05, 0.1) is 6.61 Å². The molecule has 0 aliphatic carbocycles. The quantitative estimate of drug-likeness (QED) is 0.815. The first-order valence-electron chi connectivity index (χ1n) is 4.85. The Morgan fingerprint density at radius 1 is 1.33 bits per heavy atom. The van der Waals surface area contributed by atoms with Gasteiger partial charge in [0.1, 0.15) is 11.5 Å². The number of aliphatic hydroxyl groups excluding tert-OH is 1. The largest absolute Gasteiger partial charge is 0.391 e. The van der Waals surface area contributed by atoms with Gasteiger partial charge < -0.3 is 9.63 Å². The molecule has 1 heterocycles. The average Bonchev–Trinajstić information content (AvgIpc) is 2.59. The molecule has 1 N–H and O–H groups in total. The molecule has 2 aromatic rings. The fourth-order valence-electron chi connectivity index (χ4n) is 1.60. The highest BCUT2D eigenvalue weighted by molar-refractivity contribution is 5.63. The highest BCUT2D eigenvalue weighted by Gasteiger charge is 2.13. The first kappa shape index (κ1) is 9.93. The molecule has 78 valence electrons. The van der Waals surface area contributed by atoms with E-state index in [1.54, 1.807) is 6.92 Å². The van der Waals surface area contributed by atoms with Crippen molar-refractivity contribution in [1.82, 2.24) is 5.16 Å². The predicted molar refractivity (Wildman–Crippen MR) is 57.3 cm³/mol. The number of aromatic nitrogens is 1. The molecule has 3 nitrogen and oxygen atoms in total. The Morgan fingerprint density at radius 3 is 2.80 bits per heavy atom. The van der Waals surface area contributed by atoms with Gasteiger partial charge in [-0.3, -0.25) is 0 Å². The van der Waals surface area contributed by atoms with Crippen LogP contribution in [0, 0.1) is 13.8 Å². The van der Waals surface area contributed by atoms with Gasteiger partial charge in [0.15, 0.2) is 0 Å². The first-order valence-corrected chi connectivity index (χ1v) is 4.85. The molecule has 0 spiro atoms. The monoisotopic (exact) mass is 203 g/mol. The van der Waals surface area contributed by atoms with Gasteiger partial charge >= 0.3 is 0 Å². The van der Waals surface area contributed by atoms with Gasteiger partial charge in [-0.1, -0.05) is 28.9 Å². The zero-order chi connectivity index (χ0) is 10.8. The van der Waals surface area contributed by atoms with E-state index < -0.39 is 0 Å². The number of rotatable bonds is 2. The molecule has 1 aromatic heterocycles. The second-order valence-corrected chi connectivity index (χ2v) is 3.59. The molecule has 0 fully saturated rings. The van der Waals surface area contributed by atoms with Crippen molar-refractivity contribution in [3.8, 4) is 11.3 Å². The van der Waals surface area contributed by atoms with Crippen LogP contribution < -0.4 is 0 Å². The average molecular weight is 203 g/mol. The molecule has 0 bridgehead atoms. The summed E-state index contributed by atoms with van der Waals surface area (Å²) in [6, 6.07) is 7.98. The number of aryl methyl sites for hydroxylation is 2. The number of benzene rings is 1. The van der Waals surface area contributed by atoms with Gasteiger partial charge in [0.25, 0.3) is 0 Å². The summed E-state index contributed by atoms with van der Waals surface area (Å²) in [5.74, 6) is 0.675. The summed E-state index contributed by atoms with van der Waals surface area (Å²) in [5.41, 5.74) is 3.65. The predicted octanol–water partition coefficient (Wildman–Crippen LogP) is 2.45. The Hall–Kier alpha value is -1.61. The summed E-state index contributed by atoms with van der Waals surface area (Å²) >= 11 is 0. The van der Waals surface area contributed by atoms with E-state index in [-0.39, 0.29) is 6.61 Å². The second-order valence-electron chi connectivity index (χ2n) is 3.59. The third kappa shape index (κ3) is 1.78. The molecule has 0 radical (unpaired) electrons. The Morgan fingerprint density at radius 2 is 2.13 bits per heavy atom. The minimum Gasteiger partial charge on any atom is -0.391 e. The first-order chi connectivity index (χ1) is 7.22. The molecule has 15 heavy (non-hydrogen) atoms. The van der Waals surface area contributed by atoms with Gasteiger partial charge in [0, 0.05) is 11.1 Å². The lowest BCUT2D eigenvalue weighted by atomic mass is 10.0. The van der Waals surface area contributed by atoms with Gasteiger partial charge in [-0.2, -0.15) is 0 Å². The highest BCUT2D eigenvalue weighted by Crippen LogP contribution is 2.25. The van der Waals surface area contributed by atoms with Crippen LogP contribution in [0.5, 0.6) is 0 Å². The van der Waals surface area contributed by atoms with Crippen LogP contribution in [0.1, 0.15) is 16.9 Å². The normalized spacial score (nSPS) is 10.6. The summed E-state index contributed by atoms with van der Waals surface area (Å²) in [4.78, 5) is 0. The molecule has 2 rings (SSSR count). The van der Waals surface area contributed by atoms with Crippen molar-refractivity contribution < 1.29 is 9.63 Å². The van der Waals surface area contributed by atoms with Crippen LogP contribution in [0.3, 0.4) is 0 Å². The molecule has 0 unspecified atom stereocenters. The van der Waals surface area contributed by atoms with Crippen molar-refractivity contribution in [3.05, 3.63) is 41.2 Å². The fraction of sp³-hybridized carbons (Fsp3) is 0.250. The van der Waals surface area contributed by atoms with Crippen molar-refractivity contribution in [3.63, 3.8) is 0 Å². The standard InChI is InChI=1S/C12H13NO2/c1-8-4-3-5-10(6-8)12-11(7-14)9(2)15-13-12/h3-6,14H,7H2,1-2H3. The van der Waals surface area contributed by atoms with Crippen LogP contribution in [0.4, 0.5) is 0 Å². The molecule has 0 atom stereocenters. The highest BCUT2D eigenvalue weighted by atomic mass is 16.5. The van der Waals surface area contributed by atoms with E-state index in [1.165, 1.54) is 0 Å². The zero-order valence-corrected chi connectivity index (χ0v) is 8.82. The number of hydrogen-bond donors (Lipinski definition) is 1. The molecule has 1 aromatic carbocycles. The van der Waals surface area contributed by atoms with Crippen LogP contribution in [0.25, 0.3) is 11.3 Å². The molecule has 3 heteroatoms. The Bertz CT molecular complexity index is 474. The van der Waals surface area contributed by atoms with E-state index in [0.29, 0.717) is 5.76 Å². The van der Waals surface area contributed by atoms with Crippen molar-refractivity contribution in [2.45, 2.75) is 20.5 Å². The molecular weight excluding hydrogens is 190 g/mol. The van der Waals surface area contributed by atoms with Crippen LogP contribution >= 0.6 is 0 Å². The van der Waals surface area contributed by atoms with Gasteiger partial charge in [-0.25, -0.2) is 0 Å². The number of nitrogens with zero attached hydrogens (tertiary/aromatic N) is 1. The maximum Gasteiger partial charge on any atom is 0.139 e. The lowest BCUT2D eigenvalue weighted by Crippen LogP contribution is -1.88. The molecule has 0 aliphatic rings. The Labute approximate surface area is 88.3 Å². The SMILES string of the molecule is Cc1cccc(-c2noc(C)c2CO)c1. The Balaban J connectivity index is 2.54. The second kappa shape index (κ2) is 3.87. The van der Waals surface area contributed by atoms with Gasteiger partial charge in [0.2, 0.25) is 0 Å². The van der Waals surface area contributed by atoms with Crippen molar-refractivity contribution in [2.24, 2.45) is 0 Å². The molecular formula is C12H13NO2. The maximum absolute atomic E-state index is 9.22. The van der Waals surface area contributed by atoms with Crippen LogP contribution in [-0.2, 0) is 6.61 Å². The summed E-state index contributed by atoms with van der Waals surface area (Å²) < 4.78 is 5.07. The minimum atomic E-state index is -0.0430. The molecule has 0 saturated carbocycles. The van der Waals surface area contributed by atoms with Crippen molar-refractivity contribution >= 4 is 0 Å². The lowest BCUT2D eigenvalue weighted by Gasteiger charge is -2.00. The van der Waals surface area contributed by atoms with Crippen LogP contribution in [0.15, 0.2) is 28.8 Å². The van der Waals surface area contributed by atoms with Gasteiger partial charge in [-0.05, 0) is 19.9 Å². The van der Waals surface area contributed by atoms with E-state index in [1.807, 2.05) is 31.2 Å². The van der Waals surface area contributed by atoms with E-state index >= 15 is 0 Å².